The number of aromatic nitrogens is 1. The maximum atomic E-state index is 5.74. The average molecular weight is 240 g/mol. The van der Waals surface area contributed by atoms with Gasteiger partial charge in [-0.25, -0.2) is 4.98 Å². The maximum Gasteiger partial charge on any atom is 0.129 e. The quantitative estimate of drug-likeness (QED) is 0.794. The van der Waals surface area contributed by atoms with Gasteiger partial charge in [0.25, 0.3) is 0 Å². The van der Waals surface area contributed by atoms with E-state index in [2.05, 4.69) is 22.5 Å². The van der Waals surface area contributed by atoms with Gasteiger partial charge in [0, 0.05) is 12.1 Å². The fourth-order valence-electron chi connectivity index (χ4n) is 2.19. The van der Waals surface area contributed by atoms with E-state index in [4.69, 9.17) is 11.6 Å². The fourth-order valence-corrected chi connectivity index (χ4v) is 2.30. The molecule has 0 amide bonds. The van der Waals surface area contributed by atoms with Gasteiger partial charge in [0.1, 0.15) is 5.15 Å². The monoisotopic (exact) mass is 239 g/mol. The standard InChI is InChI=1S/C12H18ClN3/c1-9(7-10-3-2-6-14-10)16-11-4-5-12(13)15-8-11/h4-5,8-10,14,16H,2-3,6-7H2,1H3. The van der Waals surface area contributed by atoms with Crippen molar-refractivity contribution >= 4 is 17.3 Å². The van der Waals surface area contributed by atoms with Gasteiger partial charge in [-0.2, -0.15) is 0 Å². The van der Waals surface area contributed by atoms with E-state index in [-0.39, 0.29) is 0 Å². The van der Waals surface area contributed by atoms with E-state index in [0.717, 1.165) is 12.1 Å². The molecule has 0 aromatic carbocycles. The van der Waals surface area contributed by atoms with Gasteiger partial charge < -0.3 is 10.6 Å². The molecule has 88 valence electrons. The van der Waals surface area contributed by atoms with Crippen LogP contribution in [0.25, 0.3) is 0 Å². The molecule has 2 heterocycles. The van der Waals surface area contributed by atoms with Crippen LogP contribution in [0.4, 0.5) is 5.69 Å². The van der Waals surface area contributed by atoms with Gasteiger partial charge in [-0.15, -0.1) is 0 Å². The van der Waals surface area contributed by atoms with E-state index in [1.165, 1.54) is 19.4 Å². The van der Waals surface area contributed by atoms with Gasteiger partial charge in [0.2, 0.25) is 0 Å². The summed E-state index contributed by atoms with van der Waals surface area (Å²) in [7, 11) is 0. The second kappa shape index (κ2) is 5.51. The summed E-state index contributed by atoms with van der Waals surface area (Å²) in [5, 5.41) is 7.48. The molecule has 0 radical (unpaired) electrons. The van der Waals surface area contributed by atoms with Crippen LogP contribution in [0, 0.1) is 0 Å². The third kappa shape index (κ3) is 3.35. The lowest BCUT2D eigenvalue weighted by Crippen LogP contribution is -2.29. The number of hydrogen-bond acceptors (Lipinski definition) is 3. The summed E-state index contributed by atoms with van der Waals surface area (Å²) in [4.78, 5) is 4.05. The number of rotatable bonds is 4. The molecule has 3 nitrogen and oxygen atoms in total. The van der Waals surface area contributed by atoms with Crippen LogP contribution < -0.4 is 10.6 Å². The topological polar surface area (TPSA) is 37.0 Å². The molecule has 0 saturated carbocycles. The second-order valence-corrected chi connectivity index (χ2v) is 4.83. The molecule has 1 saturated heterocycles. The van der Waals surface area contributed by atoms with Crippen LogP contribution in [0.15, 0.2) is 18.3 Å². The van der Waals surface area contributed by atoms with E-state index in [1.807, 2.05) is 12.1 Å². The number of nitrogens with one attached hydrogen (secondary N) is 2. The predicted octanol–water partition coefficient (Wildman–Crippen LogP) is 2.68. The van der Waals surface area contributed by atoms with Crippen LogP contribution in [0.2, 0.25) is 5.15 Å². The molecule has 1 aromatic rings. The Kier molecular flexibility index (Phi) is 4.02. The molecule has 2 N–H and O–H groups in total. The van der Waals surface area contributed by atoms with Gasteiger partial charge >= 0.3 is 0 Å². The summed E-state index contributed by atoms with van der Waals surface area (Å²) >= 11 is 5.74. The van der Waals surface area contributed by atoms with Crippen LogP contribution in [0.5, 0.6) is 0 Å². The number of hydrogen-bond donors (Lipinski definition) is 2. The van der Waals surface area contributed by atoms with E-state index in [1.54, 1.807) is 6.20 Å². The highest BCUT2D eigenvalue weighted by Crippen LogP contribution is 2.15. The number of anilines is 1. The number of halogens is 1. The number of nitrogens with zero attached hydrogens (tertiary/aromatic N) is 1. The van der Waals surface area contributed by atoms with Gasteiger partial charge in [-0.05, 0) is 44.9 Å². The van der Waals surface area contributed by atoms with Crippen molar-refractivity contribution in [3.05, 3.63) is 23.5 Å². The van der Waals surface area contributed by atoms with Crippen molar-refractivity contribution in [1.29, 1.82) is 0 Å². The Morgan fingerprint density at radius 1 is 1.62 bits per heavy atom. The van der Waals surface area contributed by atoms with Crippen molar-refractivity contribution in [1.82, 2.24) is 10.3 Å². The SMILES string of the molecule is CC(CC1CCCN1)Nc1ccc(Cl)nc1. The third-order valence-corrected chi connectivity index (χ3v) is 3.16. The van der Waals surface area contributed by atoms with E-state index in [0.29, 0.717) is 17.2 Å². The van der Waals surface area contributed by atoms with Crippen molar-refractivity contribution in [2.24, 2.45) is 0 Å². The summed E-state index contributed by atoms with van der Waals surface area (Å²) in [5.41, 5.74) is 1.04. The highest BCUT2D eigenvalue weighted by Gasteiger charge is 2.16. The Morgan fingerprint density at radius 2 is 2.50 bits per heavy atom. The van der Waals surface area contributed by atoms with Gasteiger partial charge in [-0.3, -0.25) is 0 Å². The molecule has 0 bridgehead atoms. The zero-order chi connectivity index (χ0) is 11.4. The Morgan fingerprint density at radius 3 is 3.12 bits per heavy atom. The zero-order valence-electron chi connectivity index (χ0n) is 9.54. The highest BCUT2D eigenvalue weighted by molar-refractivity contribution is 6.29. The van der Waals surface area contributed by atoms with Crippen molar-refractivity contribution < 1.29 is 0 Å². The van der Waals surface area contributed by atoms with Gasteiger partial charge in [0.05, 0.1) is 11.9 Å². The van der Waals surface area contributed by atoms with Crippen LogP contribution >= 0.6 is 11.6 Å². The Labute approximate surface area is 102 Å². The molecule has 1 aliphatic rings. The van der Waals surface area contributed by atoms with E-state index < -0.39 is 0 Å². The van der Waals surface area contributed by atoms with Crippen molar-refractivity contribution in [2.45, 2.75) is 38.3 Å². The molecule has 0 aliphatic carbocycles. The molecular formula is C12H18ClN3. The molecule has 4 heteroatoms. The van der Waals surface area contributed by atoms with Crippen LogP contribution in [0.1, 0.15) is 26.2 Å². The average Bonchev–Trinajstić information content (AvgIpc) is 2.74. The summed E-state index contributed by atoms with van der Waals surface area (Å²) in [5.74, 6) is 0. The van der Waals surface area contributed by atoms with Gasteiger partial charge in [0.15, 0.2) is 0 Å². The summed E-state index contributed by atoms with van der Waals surface area (Å²) < 4.78 is 0. The zero-order valence-corrected chi connectivity index (χ0v) is 10.3. The first-order valence-corrected chi connectivity index (χ1v) is 6.23. The van der Waals surface area contributed by atoms with Crippen LogP contribution in [0.3, 0.4) is 0 Å². The molecule has 2 atom stereocenters. The molecule has 2 unspecified atom stereocenters. The van der Waals surface area contributed by atoms with Crippen molar-refractivity contribution in [3.8, 4) is 0 Å². The first kappa shape index (κ1) is 11.7. The van der Waals surface area contributed by atoms with Gasteiger partial charge in [-0.1, -0.05) is 11.6 Å². The van der Waals surface area contributed by atoms with Crippen LogP contribution in [-0.2, 0) is 0 Å². The molecule has 0 spiro atoms. The maximum absolute atomic E-state index is 5.74. The van der Waals surface area contributed by atoms with E-state index in [9.17, 15) is 0 Å². The summed E-state index contributed by atoms with van der Waals surface area (Å²) in [6.07, 6.45) is 5.54. The minimum Gasteiger partial charge on any atom is -0.381 e. The molecule has 2 rings (SSSR count). The Balaban J connectivity index is 1.81. The smallest absolute Gasteiger partial charge is 0.129 e. The molecular weight excluding hydrogens is 222 g/mol. The Hall–Kier alpha value is -0.800. The second-order valence-electron chi connectivity index (χ2n) is 4.44. The van der Waals surface area contributed by atoms with E-state index >= 15 is 0 Å². The predicted molar refractivity (Wildman–Crippen MR) is 68.0 cm³/mol. The minimum absolute atomic E-state index is 0.457. The number of pyridine rings is 1. The first-order chi connectivity index (χ1) is 7.74. The lowest BCUT2D eigenvalue weighted by molar-refractivity contribution is 0.523. The first-order valence-electron chi connectivity index (χ1n) is 5.85. The Bertz CT molecular complexity index is 320. The van der Waals surface area contributed by atoms with Crippen molar-refractivity contribution in [2.75, 3.05) is 11.9 Å². The minimum atomic E-state index is 0.457. The highest BCUT2D eigenvalue weighted by atomic mass is 35.5. The van der Waals surface area contributed by atoms with Crippen LogP contribution in [-0.4, -0.2) is 23.6 Å². The van der Waals surface area contributed by atoms with Crippen molar-refractivity contribution in [3.63, 3.8) is 0 Å². The third-order valence-electron chi connectivity index (χ3n) is 2.94. The summed E-state index contributed by atoms with van der Waals surface area (Å²) in [6, 6.07) is 4.90. The largest absolute Gasteiger partial charge is 0.381 e. The molecule has 1 aromatic heterocycles. The lowest BCUT2D eigenvalue weighted by atomic mass is 10.1. The molecule has 1 fully saturated rings. The fraction of sp³-hybridized carbons (Fsp3) is 0.583. The lowest BCUT2D eigenvalue weighted by Gasteiger charge is -2.19. The molecule has 1 aliphatic heterocycles. The molecule has 16 heavy (non-hydrogen) atoms. The normalized spacial score (nSPS) is 22.0. The summed E-state index contributed by atoms with van der Waals surface area (Å²) in [6.45, 7) is 3.37.